The van der Waals surface area contributed by atoms with Crippen molar-refractivity contribution in [2.45, 2.75) is 12.8 Å². The van der Waals surface area contributed by atoms with Gasteiger partial charge in [0.2, 0.25) is 0 Å². The number of halogens is 1. The van der Waals surface area contributed by atoms with Gasteiger partial charge in [0.25, 0.3) is 0 Å². The lowest BCUT2D eigenvalue weighted by atomic mass is 10.1. The lowest BCUT2D eigenvalue weighted by molar-refractivity contribution is -0.107. The van der Waals surface area contributed by atoms with Crippen molar-refractivity contribution in [3.63, 3.8) is 0 Å². The molecule has 0 radical (unpaired) electrons. The minimum absolute atomic E-state index is 0.107. The molecule has 4 nitrogen and oxygen atoms in total. The molecule has 0 aromatic heterocycles. The molecule has 0 amide bonds. The van der Waals surface area contributed by atoms with E-state index in [0.717, 1.165) is 6.29 Å². The second-order valence-electron chi connectivity index (χ2n) is 3.60. The van der Waals surface area contributed by atoms with Crippen LogP contribution >= 0.6 is 0 Å². The summed E-state index contributed by atoms with van der Waals surface area (Å²) in [5, 5.41) is 0. The van der Waals surface area contributed by atoms with E-state index in [2.05, 4.69) is 0 Å². The molecule has 0 atom stereocenters. The molecular formula is C12H13FO4. The van der Waals surface area contributed by atoms with Gasteiger partial charge in [-0.1, -0.05) is 0 Å². The molecule has 2 rings (SSSR count). The van der Waals surface area contributed by atoms with Crippen LogP contribution in [0.1, 0.15) is 12.0 Å². The standard InChI is InChI=1S/C12H13FO4/c1-15-9-7-10-12(17-6-5-16-10)8(11(9)13)3-2-4-14/h4,7H,2-3,5-6H2,1H3. The van der Waals surface area contributed by atoms with Gasteiger partial charge in [0, 0.05) is 18.1 Å². The SMILES string of the molecule is COc1cc2c(c(CCC=O)c1F)OCCO2. The fraction of sp³-hybridized carbons (Fsp3) is 0.417. The first-order chi connectivity index (χ1) is 8.27. The van der Waals surface area contributed by atoms with Crippen molar-refractivity contribution in [3.05, 3.63) is 17.4 Å². The van der Waals surface area contributed by atoms with Gasteiger partial charge in [-0.2, -0.15) is 0 Å². The highest BCUT2D eigenvalue weighted by Gasteiger charge is 2.23. The maximum absolute atomic E-state index is 14.0. The third-order valence-corrected chi connectivity index (χ3v) is 2.56. The zero-order chi connectivity index (χ0) is 12.3. The van der Waals surface area contributed by atoms with Crippen molar-refractivity contribution in [1.82, 2.24) is 0 Å². The third kappa shape index (κ3) is 2.18. The van der Waals surface area contributed by atoms with Crippen LogP contribution in [0.2, 0.25) is 0 Å². The first-order valence-corrected chi connectivity index (χ1v) is 5.36. The molecule has 1 heterocycles. The Balaban J connectivity index is 2.47. The number of hydrogen-bond donors (Lipinski definition) is 0. The molecule has 0 saturated carbocycles. The van der Waals surface area contributed by atoms with Gasteiger partial charge in [-0.25, -0.2) is 4.39 Å². The summed E-state index contributed by atoms with van der Waals surface area (Å²) in [5.41, 5.74) is 0.339. The van der Waals surface area contributed by atoms with Crippen molar-refractivity contribution in [3.8, 4) is 17.2 Å². The molecule has 0 spiro atoms. The van der Waals surface area contributed by atoms with Gasteiger partial charge in [-0.15, -0.1) is 0 Å². The molecule has 0 N–H and O–H groups in total. The van der Waals surface area contributed by atoms with E-state index in [0.29, 0.717) is 30.3 Å². The van der Waals surface area contributed by atoms with E-state index < -0.39 is 5.82 Å². The zero-order valence-corrected chi connectivity index (χ0v) is 9.49. The summed E-state index contributed by atoms with van der Waals surface area (Å²) in [5.74, 6) is 0.473. The van der Waals surface area contributed by atoms with E-state index in [4.69, 9.17) is 14.2 Å². The summed E-state index contributed by atoms with van der Waals surface area (Å²) in [7, 11) is 1.39. The van der Waals surface area contributed by atoms with Gasteiger partial charge < -0.3 is 19.0 Å². The topological polar surface area (TPSA) is 44.8 Å². The Morgan fingerprint density at radius 3 is 2.94 bits per heavy atom. The number of carbonyl (C=O) groups is 1. The monoisotopic (exact) mass is 240 g/mol. The number of methoxy groups -OCH3 is 1. The molecule has 1 aromatic carbocycles. The third-order valence-electron chi connectivity index (χ3n) is 2.56. The average molecular weight is 240 g/mol. The molecule has 1 aromatic rings. The molecule has 1 aliphatic rings. The lowest BCUT2D eigenvalue weighted by Crippen LogP contribution is -2.17. The Kier molecular flexibility index (Phi) is 3.46. The van der Waals surface area contributed by atoms with Crippen molar-refractivity contribution in [2.24, 2.45) is 0 Å². The van der Waals surface area contributed by atoms with Crippen LogP contribution < -0.4 is 14.2 Å². The van der Waals surface area contributed by atoms with E-state index in [-0.39, 0.29) is 18.6 Å². The van der Waals surface area contributed by atoms with E-state index >= 15 is 0 Å². The van der Waals surface area contributed by atoms with Crippen LogP contribution in [-0.2, 0) is 11.2 Å². The fourth-order valence-electron chi connectivity index (χ4n) is 1.78. The number of rotatable bonds is 4. The summed E-state index contributed by atoms with van der Waals surface area (Å²) in [6.07, 6.45) is 1.26. The maximum Gasteiger partial charge on any atom is 0.172 e. The Bertz CT molecular complexity index is 431. The number of aldehydes is 1. The minimum atomic E-state index is -0.487. The summed E-state index contributed by atoms with van der Waals surface area (Å²) in [4.78, 5) is 10.4. The molecule has 92 valence electrons. The van der Waals surface area contributed by atoms with Crippen LogP contribution in [0, 0.1) is 5.82 Å². The predicted octanol–water partition coefficient (Wildman–Crippen LogP) is 1.74. The van der Waals surface area contributed by atoms with E-state index in [1.807, 2.05) is 0 Å². The fourth-order valence-corrected chi connectivity index (χ4v) is 1.78. The molecule has 0 aliphatic carbocycles. The van der Waals surface area contributed by atoms with E-state index in [9.17, 15) is 9.18 Å². The smallest absolute Gasteiger partial charge is 0.172 e. The number of benzene rings is 1. The molecule has 0 saturated heterocycles. The van der Waals surface area contributed by atoms with Crippen molar-refractivity contribution in [2.75, 3.05) is 20.3 Å². The molecule has 0 fully saturated rings. The van der Waals surface area contributed by atoms with Crippen LogP contribution in [0.15, 0.2) is 6.07 Å². The normalized spacial score (nSPS) is 13.3. The first-order valence-electron chi connectivity index (χ1n) is 5.36. The summed E-state index contributed by atoms with van der Waals surface area (Å²) >= 11 is 0. The summed E-state index contributed by atoms with van der Waals surface area (Å²) < 4.78 is 29.7. The molecule has 1 aliphatic heterocycles. The van der Waals surface area contributed by atoms with Gasteiger partial charge in [0.05, 0.1) is 7.11 Å². The van der Waals surface area contributed by atoms with Gasteiger partial charge in [0.1, 0.15) is 19.5 Å². The Morgan fingerprint density at radius 2 is 2.24 bits per heavy atom. The molecule has 0 unspecified atom stereocenters. The quantitative estimate of drug-likeness (QED) is 0.752. The Labute approximate surface area is 98.3 Å². The van der Waals surface area contributed by atoms with Crippen LogP contribution in [-0.4, -0.2) is 26.6 Å². The van der Waals surface area contributed by atoms with Crippen LogP contribution in [0.25, 0.3) is 0 Å². The molecule has 17 heavy (non-hydrogen) atoms. The first kappa shape index (κ1) is 11.7. The van der Waals surface area contributed by atoms with Crippen LogP contribution in [0.3, 0.4) is 0 Å². The molecule has 5 heteroatoms. The maximum atomic E-state index is 14.0. The van der Waals surface area contributed by atoms with Crippen LogP contribution in [0.5, 0.6) is 17.2 Å². The molecule has 0 bridgehead atoms. The Hall–Kier alpha value is -1.78. The largest absolute Gasteiger partial charge is 0.494 e. The predicted molar refractivity (Wildman–Crippen MR) is 58.3 cm³/mol. The lowest BCUT2D eigenvalue weighted by Gasteiger charge is -2.22. The van der Waals surface area contributed by atoms with E-state index in [1.165, 1.54) is 13.2 Å². The van der Waals surface area contributed by atoms with E-state index in [1.54, 1.807) is 0 Å². The number of carbonyl (C=O) groups excluding carboxylic acids is 1. The zero-order valence-electron chi connectivity index (χ0n) is 9.49. The van der Waals surface area contributed by atoms with Gasteiger partial charge in [-0.05, 0) is 6.42 Å². The highest BCUT2D eigenvalue weighted by Crippen LogP contribution is 2.40. The summed E-state index contributed by atoms with van der Waals surface area (Å²) in [6.45, 7) is 0.807. The minimum Gasteiger partial charge on any atom is -0.494 e. The number of hydrogen-bond acceptors (Lipinski definition) is 4. The summed E-state index contributed by atoms with van der Waals surface area (Å²) in [6, 6.07) is 1.47. The van der Waals surface area contributed by atoms with Gasteiger partial charge in [-0.3, -0.25) is 0 Å². The number of fused-ring (bicyclic) bond motifs is 1. The second kappa shape index (κ2) is 5.03. The van der Waals surface area contributed by atoms with Crippen LogP contribution in [0.4, 0.5) is 4.39 Å². The van der Waals surface area contributed by atoms with Crippen molar-refractivity contribution >= 4 is 6.29 Å². The molecular weight excluding hydrogens is 227 g/mol. The highest BCUT2D eigenvalue weighted by atomic mass is 19.1. The number of ether oxygens (including phenoxy) is 3. The van der Waals surface area contributed by atoms with Crippen molar-refractivity contribution < 1.29 is 23.4 Å². The average Bonchev–Trinajstić information content (AvgIpc) is 2.37. The van der Waals surface area contributed by atoms with Gasteiger partial charge >= 0.3 is 0 Å². The van der Waals surface area contributed by atoms with Gasteiger partial charge in [0.15, 0.2) is 23.1 Å². The van der Waals surface area contributed by atoms with Crippen molar-refractivity contribution in [1.29, 1.82) is 0 Å². The highest BCUT2D eigenvalue weighted by molar-refractivity contribution is 5.56. The second-order valence-corrected chi connectivity index (χ2v) is 3.60. The Morgan fingerprint density at radius 1 is 1.47 bits per heavy atom.